The molecule has 3 aliphatic rings. The van der Waals surface area contributed by atoms with Crippen molar-refractivity contribution >= 4 is 47.1 Å². The summed E-state index contributed by atoms with van der Waals surface area (Å²) in [6.07, 6.45) is 1.02. The number of nitrogens with one attached hydrogen (secondary N) is 3. The number of nitrogens with two attached hydrogens (primary N) is 1. The number of carbonyl (C=O) groups is 6. The van der Waals surface area contributed by atoms with Crippen LogP contribution in [0.15, 0.2) is 12.4 Å². The molecule has 0 bridgehead atoms. The van der Waals surface area contributed by atoms with E-state index in [1.54, 1.807) is 20.8 Å². The van der Waals surface area contributed by atoms with Crippen LogP contribution < -0.4 is 21.7 Å². The Labute approximate surface area is 262 Å². The monoisotopic (exact) mass is 647 g/mol. The number of likely N-dealkylation sites (tertiary alicyclic amines) is 3. The molecule has 16 nitrogen and oxygen atoms in total. The molecule has 0 aromatic heterocycles. The van der Waals surface area contributed by atoms with E-state index in [-0.39, 0.29) is 25.2 Å². The van der Waals surface area contributed by atoms with Crippen LogP contribution in [0.3, 0.4) is 0 Å². The molecule has 0 spiro atoms. The number of methoxy groups -OCH3 is 1. The SMILES string of the molecule is C=C(N)NCCC[C@H]1C(=O)N(C(=O)N2CC(NC(=O)OC)C2)C1C(=O)O.CC(C)(C)OC(=O)NC1CN(C(=O)Cl)C1.CCC. The predicted octanol–water partition coefficient (Wildman–Crippen LogP) is 1.83. The molecule has 3 fully saturated rings. The largest absolute Gasteiger partial charge is 0.480 e. The Morgan fingerprint density at radius 1 is 1.02 bits per heavy atom. The van der Waals surface area contributed by atoms with Gasteiger partial charge in [-0.15, -0.1) is 0 Å². The third kappa shape index (κ3) is 12.0. The van der Waals surface area contributed by atoms with Gasteiger partial charge < -0.3 is 46.1 Å². The molecule has 0 aliphatic carbocycles. The highest BCUT2D eigenvalue weighted by Crippen LogP contribution is 2.32. The molecule has 17 heteroatoms. The molecule has 1 unspecified atom stereocenters. The van der Waals surface area contributed by atoms with Crippen LogP contribution in [-0.2, 0) is 19.1 Å². The zero-order valence-electron chi connectivity index (χ0n) is 26.2. The zero-order chi connectivity index (χ0) is 33.8. The van der Waals surface area contributed by atoms with Gasteiger partial charge in [-0.05, 0) is 45.2 Å². The lowest BCUT2D eigenvalue weighted by atomic mass is 9.83. The van der Waals surface area contributed by atoms with Crippen molar-refractivity contribution in [2.24, 2.45) is 11.7 Å². The van der Waals surface area contributed by atoms with Crippen molar-refractivity contribution in [3.8, 4) is 0 Å². The maximum Gasteiger partial charge on any atom is 0.407 e. The molecule has 3 aliphatic heterocycles. The number of nitrogens with zero attached hydrogens (tertiary/aromatic N) is 3. The zero-order valence-corrected chi connectivity index (χ0v) is 26.9. The Balaban J connectivity index is 0.000000455. The first-order chi connectivity index (χ1) is 20.4. The van der Waals surface area contributed by atoms with Crippen molar-refractivity contribution < 1.29 is 43.3 Å². The van der Waals surface area contributed by atoms with Crippen molar-refractivity contribution in [1.29, 1.82) is 0 Å². The summed E-state index contributed by atoms with van der Waals surface area (Å²) in [4.78, 5) is 72.6. The molecule has 0 aromatic rings. The van der Waals surface area contributed by atoms with E-state index in [2.05, 4.69) is 41.1 Å². The van der Waals surface area contributed by atoms with E-state index in [4.69, 9.17) is 22.1 Å². The number of alkyl carbamates (subject to hydrolysis) is 2. The minimum atomic E-state index is -1.22. The van der Waals surface area contributed by atoms with Gasteiger partial charge in [0.15, 0.2) is 6.04 Å². The number of urea groups is 1. The molecule has 250 valence electrons. The molecular weight excluding hydrogens is 602 g/mol. The first kappa shape index (κ1) is 38.1. The van der Waals surface area contributed by atoms with Gasteiger partial charge in [-0.3, -0.25) is 9.59 Å². The van der Waals surface area contributed by atoms with Crippen molar-refractivity contribution in [3.05, 3.63) is 12.4 Å². The summed E-state index contributed by atoms with van der Waals surface area (Å²) in [6.45, 7) is 14.8. The number of rotatable bonds is 8. The van der Waals surface area contributed by atoms with Crippen molar-refractivity contribution in [3.63, 3.8) is 0 Å². The number of hydrogen-bond donors (Lipinski definition) is 5. The van der Waals surface area contributed by atoms with Crippen LogP contribution >= 0.6 is 11.6 Å². The number of halogens is 1. The summed E-state index contributed by atoms with van der Waals surface area (Å²) in [6, 6.07) is -2.17. The summed E-state index contributed by atoms with van der Waals surface area (Å²) in [5, 5.41) is 16.8. The number of imide groups is 1. The second-order valence-electron chi connectivity index (χ2n) is 11.4. The Kier molecular flexibility index (Phi) is 15.0. The van der Waals surface area contributed by atoms with Gasteiger partial charge in [0.2, 0.25) is 5.91 Å². The fourth-order valence-corrected chi connectivity index (χ4v) is 4.33. The number of ether oxygens (including phenoxy) is 2. The normalized spacial score (nSPS) is 19.2. The summed E-state index contributed by atoms with van der Waals surface area (Å²) in [5.74, 6) is -2.17. The van der Waals surface area contributed by atoms with E-state index in [0.717, 1.165) is 4.90 Å². The van der Waals surface area contributed by atoms with E-state index >= 15 is 0 Å². The van der Waals surface area contributed by atoms with Crippen LogP contribution in [0.1, 0.15) is 53.9 Å². The van der Waals surface area contributed by atoms with Gasteiger partial charge in [-0.2, -0.15) is 0 Å². The fourth-order valence-electron chi connectivity index (χ4n) is 4.19. The van der Waals surface area contributed by atoms with E-state index in [1.165, 1.54) is 23.3 Å². The Morgan fingerprint density at radius 2 is 1.52 bits per heavy atom. The fraction of sp³-hybridized carbons (Fsp3) is 0.704. The number of β-lactam (4-membered cyclic amide) rings is 1. The highest BCUT2D eigenvalue weighted by atomic mass is 35.5. The summed E-state index contributed by atoms with van der Waals surface area (Å²) in [5.41, 5.74) is 4.86. The van der Waals surface area contributed by atoms with E-state index < -0.39 is 53.0 Å². The molecule has 3 heterocycles. The smallest absolute Gasteiger partial charge is 0.407 e. The Morgan fingerprint density at radius 3 is 1.95 bits per heavy atom. The molecule has 3 rings (SSSR count). The number of carboxylic acid groups (broad SMARTS) is 1. The van der Waals surface area contributed by atoms with E-state index in [0.29, 0.717) is 38.3 Å². The number of aliphatic carboxylic acids is 1. The molecule has 0 radical (unpaired) electrons. The molecule has 6 N–H and O–H groups in total. The highest BCUT2D eigenvalue weighted by molar-refractivity contribution is 6.62. The van der Waals surface area contributed by atoms with Crippen molar-refractivity contribution in [1.82, 2.24) is 30.7 Å². The lowest BCUT2D eigenvalue weighted by molar-refractivity contribution is -0.167. The maximum atomic E-state index is 12.4. The van der Waals surface area contributed by atoms with Gasteiger partial charge in [-0.1, -0.05) is 26.8 Å². The summed E-state index contributed by atoms with van der Waals surface area (Å²) >= 11 is 5.23. The third-order valence-corrected chi connectivity index (χ3v) is 6.47. The van der Waals surface area contributed by atoms with Crippen LogP contribution in [0.2, 0.25) is 0 Å². The number of amides is 6. The quantitative estimate of drug-likeness (QED) is 0.111. The van der Waals surface area contributed by atoms with Gasteiger partial charge in [0.05, 0.1) is 30.9 Å². The Hall–Kier alpha value is -3.95. The molecule has 2 atom stereocenters. The minimum Gasteiger partial charge on any atom is -0.480 e. The van der Waals surface area contributed by atoms with Crippen LogP contribution in [0, 0.1) is 5.92 Å². The second kappa shape index (κ2) is 17.4. The van der Waals surface area contributed by atoms with E-state index in [1.807, 2.05) is 0 Å². The van der Waals surface area contributed by atoms with Gasteiger partial charge in [0, 0.05) is 32.7 Å². The topological polar surface area (TPSA) is 213 Å². The third-order valence-electron chi connectivity index (χ3n) is 6.23. The minimum absolute atomic E-state index is 0.0532. The first-order valence-corrected chi connectivity index (χ1v) is 14.6. The average molecular weight is 648 g/mol. The number of carbonyl (C=O) groups excluding carboxylic acids is 5. The van der Waals surface area contributed by atoms with Crippen molar-refractivity contribution in [2.75, 3.05) is 39.8 Å². The second-order valence-corrected chi connectivity index (χ2v) is 11.7. The van der Waals surface area contributed by atoms with Gasteiger partial charge >= 0.3 is 29.6 Å². The molecular formula is C27H46ClN7O9. The maximum absolute atomic E-state index is 12.4. The number of carboxylic acids is 1. The van der Waals surface area contributed by atoms with Crippen LogP contribution in [-0.4, -0.2) is 119 Å². The molecule has 3 saturated heterocycles. The highest BCUT2D eigenvalue weighted by Gasteiger charge is 2.56. The number of hydrogen-bond acceptors (Lipinski definition) is 10. The summed E-state index contributed by atoms with van der Waals surface area (Å²) < 4.78 is 9.51. The molecule has 0 saturated carbocycles. The van der Waals surface area contributed by atoms with Gasteiger partial charge in [-0.25, -0.2) is 24.1 Å². The standard InChI is InChI=1S/C15H23N5O6.C9H15ClN2O3.C3H8/c1-8(16)17-5-3-4-10-11(13(22)23)20(12(10)21)15(25)19-6-9(7-19)18-14(24)26-2;1-9(2,3)15-8(14)11-6-4-12(5-6)7(10)13;1-3-2/h9-11,17H,1,3-7,16H2,2H3,(H,18,24)(H,22,23);6H,4-5H2,1-3H3,(H,11,14);3H2,1-2H3/t10-,11?;;/m1../s1. The molecule has 6 amide bonds. The van der Waals surface area contributed by atoms with Crippen LogP contribution in [0.5, 0.6) is 0 Å². The lowest BCUT2D eigenvalue weighted by Gasteiger charge is -2.48. The molecule has 44 heavy (non-hydrogen) atoms. The average Bonchev–Trinajstić information content (AvgIpc) is 2.84. The van der Waals surface area contributed by atoms with Crippen LogP contribution in [0.25, 0.3) is 0 Å². The first-order valence-electron chi connectivity index (χ1n) is 14.3. The van der Waals surface area contributed by atoms with Gasteiger partial charge in [0.1, 0.15) is 5.60 Å². The summed E-state index contributed by atoms with van der Waals surface area (Å²) in [7, 11) is 1.23. The van der Waals surface area contributed by atoms with Crippen LogP contribution in [0.4, 0.5) is 19.2 Å². The predicted molar refractivity (Wildman–Crippen MR) is 161 cm³/mol. The molecule has 0 aromatic carbocycles. The van der Waals surface area contributed by atoms with Crippen molar-refractivity contribution in [2.45, 2.75) is 77.6 Å². The van der Waals surface area contributed by atoms with Gasteiger partial charge in [0.25, 0.3) is 0 Å². The van der Waals surface area contributed by atoms with E-state index in [9.17, 15) is 33.9 Å². The lowest BCUT2D eigenvalue weighted by Crippen LogP contribution is -2.72. The Bertz CT molecular complexity index is 1060.